The third kappa shape index (κ3) is 5.05. The Balaban J connectivity index is 1.53. The highest BCUT2D eigenvalue weighted by atomic mass is 35.5. The number of piperidine rings is 1. The van der Waals surface area contributed by atoms with Crippen LogP contribution < -0.4 is 10.1 Å². The number of likely N-dealkylation sites (tertiary alicyclic amines) is 1. The van der Waals surface area contributed by atoms with Crippen molar-refractivity contribution in [2.75, 3.05) is 25.0 Å². The molecule has 2 aromatic rings. The molecule has 0 aliphatic carbocycles. The Hall–Kier alpha value is -1.92. The molecule has 0 spiro atoms. The minimum Gasteiger partial charge on any atom is -0.491 e. The summed E-state index contributed by atoms with van der Waals surface area (Å²) in [6.07, 6.45) is 2.03. The largest absolute Gasteiger partial charge is 0.491 e. The number of aromatic nitrogens is 2. The van der Waals surface area contributed by atoms with Gasteiger partial charge in [0, 0.05) is 37.4 Å². The molecule has 1 aliphatic heterocycles. The van der Waals surface area contributed by atoms with Crippen LogP contribution in [0.1, 0.15) is 31.0 Å². The summed E-state index contributed by atoms with van der Waals surface area (Å²) in [5.41, 5.74) is 1.92. The molecule has 1 aromatic carbocycles. The van der Waals surface area contributed by atoms with Gasteiger partial charge in [-0.05, 0) is 56.0 Å². The molecule has 7 heteroatoms. The summed E-state index contributed by atoms with van der Waals surface area (Å²) in [7, 11) is 0. The maximum atomic E-state index is 13.7. The van der Waals surface area contributed by atoms with Crippen molar-refractivity contribution in [3.8, 4) is 5.75 Å². The summed E-state index contributed by atoms with van der Waals surface area (Å²) in [4.78, 5) is 10.7. The van der Waals surface area contributed by atoms with Gasteiger partial charge in [0.05, 0.1) is 6.61 Å². The van der Waals surface area contributed by atoms with Crippen molar-refractivity contribution in [3.05, 3.63) is 46.6 Å². The van der Waals surface area contributed by atoms with E-state index in [1.807, 2.05) is 26.0 Å². The van der Waals surface area contributed by atoms with Gasteiger partial charge in [-0.2, -0.15) is 0 Å². The van der Waals surface area contributed by atoms with Crippen molar-refractivity contribution < 1.29 is 9.13 Å². The molecule has 0 atom stereocenters. The second kappa shape index (κ2) is 8.64. The number of halogens is 2. The van der Waals surface area contributed by atoms with Gasteiger partial charge in [0.15, 0.2) is 11.6 Å². The third-order valence-electron chi connectivity index (χ3n) is 4.47. The first-order valence-corrected chi connectivity index (χ1v) is 9.32. The van der Waals surface area contributed by atoms with Crippen molar-refractivity contribution in [2.24, 2.45) is 0 Å². The standard InChI is InChI=1S/C19H24ClFN4O/c1-3-26-17-11-14(4-5-16(17)21)12-25-8-6-15(7-9-25)23-18-10-13(2)22-19(20)24-18/h4-5,10-11,15H,3,6-9,12H2,1-2H3,(H,22,23,24). The van der Waals surface area contributed by atoms with Crippen LogP contribution in [0.4, 0.5) is 10.2 Å². The molecular formula is C19H24ClFN4O. The molecule has 1 saturated heterocycles. The quantitative estimate of drug-likeness (QED) is 0.768. The molecule has 3 rings (SSSR count). The molecule has 0 radical (unpaired) electrons. The minimum atomic E-state index is -0.308. The zero-order valence-corrected chi connectivity index (χ0v) is 15.9. The van der Waals surface area contributed by atoms with E-state index < -0.39 is 0 Å². The van der Waals surface area contributed by atoms with Gasteiger partial charge in [-0.25, -0.2) is 14.4 Å². The predicted molar refractivity (Wildman–Crippen MR) is 101 cm³/mol. The zero-order chi connectivity index (χ0) is 18.5. The number of anilines is 1. The van der Waals surface area contributed by atoms with E-state index >= 15 is 0 Å². The number of rotatable bonds is 6. The molecule has 2 heterocycles. The van der Waals surface area contributed by atoms with Gasteiger partial charge in [-0.1, -0.05) is 6.07 Å². The van der Waals surface area contributed by atoms with E-state index in [0.717, 1.165) is 49.6 Å². The van der Waals surface area contributed by atoms with Crippen molar-refractivity contribution in [1.82, 2.24) is 14.9 Å². The Kier molecular flexibility index (Phi) is 6.27. The molecule has 1 aliphatic rings. The zero-order valence-electron chi connectivity index (χ0n) is 15.1. The van der Waals surface area contributed by atoms with Crippen LogP contribution in [0.2, 0.25) is 5.28 Å². The van der Waals surface area contributed by atoms with Gasteiger partial charge >= 0.3 is 0 Å². The average Bonchev–Trinajstić information content (AvgIpc) is 2.59. The van der Waals surface area contributed by atoms with Crippen molar-refractivity contribution >= 4 is 17.4 Å². The smallest absolute Gasteiger partial charge is 0.224 e. The number of aryl methyl sites for hydroxylation is 1. The van der Waals surface area contributed by atoms with Gasteiger partial charge in [-0.15, -0.1) is 0 Å². The average molecular weight is 379 g/mol. The molecule has 140 valence electrons. The second-order valence-corrected chi connectivity index (χ2v) is 6.89. The van der Waals surface area contributed by atoms with Gasteiger partial charge in [0.1, 0.15) is 5.82 Å². The van der Waals surface area contributed by atoms with Gasteiger partial charge in [0.2, 0.25) is 5.28 Å². The topological polar surface area (TPSA) is 50.3 Å². The Labute approximate surface area is 158 Å². The van der Waals surface area contributed by atoms with Crippen molar-refractivity contribution in [1.29, 1.82) is 0 Å². The van der Waals surface area contributed by atoms with E-state index in [1.165, 1.54) is 6.07 Å². The highest BCUT2D eigenvalue weighted by Gasteiger charge is 2.20. The molecule has 0 unspecified atom stereocenters. The maximum Gasteiger partial charge on any atom is 0.224 e. The van der Waals surface area contributed by atoms with Crippen LogP contribution in [-0.4, -0.2) is 40.6 Å². The van der Waals surface area contributed by atoms with Crippen LogP contribution in [0.15, 0.2) is 24.3 Å². The fourth-order valence-electron chi connectivity index (χ4n) is 3.22. The summed E-state index contributed by atoms with van der Waals surface area (Å²) >= 11 is 5.92. The summed E-state index contributed by atoms with van der Waals surface area (Å²) < 4.78 is 19.0. The monoisotopic (exact) mass is 378 g/mol. The van der Waals surface area contributed by atoms with E-state index in [0.29, 0.717) is 18.4 Å². The lowest BCUT2D eigenvalue weighted by molar-refractivity contribution is 0.210. The normalized spacial score (nSPS) is 15.8. The molecule has 1 aromatic heterocycles. The third-order valence-corrected chi connectivity index (χ3v) is 4.64. The molecule has 0 amide bonds. The van der Waals surface area contributed by atoms with Crippen molar-refractivity contribution in [3.63, 3.8) is 0 Å². The lowest BCUT2D eigenvalue weighted by Gasteiger charge is -2.32. The summed E-state index contributed by atoms with van der Waals surface area (Å²) in [6.45, 7) is 6.96. The van der Waals surface area contributed by atoms with E-state index in [1.54, 1.807) is 6.07 Å². The fourth-order valence-corrected chi connectivity index (χ4v) is 3.45. The molecule has 0 saturated carbocycles. The Morgan fingerprint density at radius 2 is 2.04 bits per heavy atom. The van der Waals surface area contributed by atoms with Gasteiger partial charge in [0.25, 0.3) is 0 Å². The number of nitrogens with one attached hydrogen (secondary N) is 1. The molecule has 1 N–H and O–H groups in total. The van der Waals surface area contributed by atoms with Crippen LogP contribution >= 0.6 is 11.6 Å². The van der Waals surface area contributed by atoms with Gasteiger partial charge < -0.3 is 10.1 Å². The van der Waals surface area contributed by atoms with Crippen LogP contribution in [0.5, 0.6) is 5.75 Å². The molecule has 26 heavy (non-hydrogen) atoms. The number of hydrogen-bond donors (Lipinski definition) is 1. The predicted octanol–water partition coefficient (Wildman–Crippen LogP) is 4.05. The first-order chi connectivity index (χ1) is 12.5. The van der Waals surface area contributed by atoms with Crippen LogP contribution in [0.25, 0.3) is 0 Å². The number of hydrogen-bond acceptors (Lipinski definition) is 5. The fraction of sp³-hybridized carbons (Fsp3) is 0.474. The SMILES string of the molecule is CCOc1cc(CN2CCC(Nc3cc(C)nc(Cl)n3)CC2)ccc1F. The van der Waals surface area contributed by atoms with E-state index in [2.05, 4.69) is 20.2 Å². The summed E-state index contributed by atoms with van der Waals surface area (Å²) in [5.74, 6) is 0.802. The first kappa shape index (κ1) is 18.9. The second-order valence-electron chi connectivity index (χ2n) is 6.56. The minimum absolute atomic E-state index is 0.270. The molecule has 5 nitrogen and oxygen atoms in total. The van der Waals surface area contributed by atoms with Crippen LogP contribution in [0, 0.1) is 12.7 Å². The number of nitrogens with zero attached hydrogens (tertiary/aromatic N) is 3. The van der Waals surface area contributed by atoms with Gasteiger partial charge in [-0.3, -0.25) is 4.90 Å². The van der Waals surface area contributed by atoms with Crippen molar-refractivity contribution in [2.45, 2.75) is 39.3 Å². The lowest BCUT2D eigenvalue weighted by atomic mass is 10.0. The number of ether oxygens (including phenoxy) is 1. The molecule has 0 bridgehead atoms. The molecular weight excluding hydrogens is 355 g/mol. The molecule has 1 fully saturated rings. The maximum absolute atomic E-state index is 13.7. The first-order valence-electron chi connectivity index (χ1n) is 8.95. The van der Waals surface area contributed by atoms with E-state index in [9.17, 15) is 4.39 Å². The number of benzene rings is 1. The highest BCUT2D eigenvalue weighted by Crippen LogP contribution is 2.22. The van der Waals surface area contributed by atoms with E-state index in [4.69, 9.17) is 16.3 Å². The summed E-state index contributed by atoms with van der Waals surface area (Å²) in [5, 5.41) is 3.72. The Morgan fingerprint density at radius 3 is 2.73 bits per heavy atom. The summed E-state index contributed by atoms with van der Waals surface area (Å²) in [6, 6.07) is 7.38. The Bertz CT molecular complexity index is 730. The van der Waals surface area contributed by atoms with E-state index in [-0.39, 0.29) is 11.1 Å². The lowest BCUT2D eigenvalue weighted by Crippen LogP contribution is -2.38. The van der Waals surface area contributed by atoms with Crippen LogP contribution in [-0.2, 0) is 6.54 Å². The van der Waals surface area contributed by atoms with Crippen LogP contribution in [0.3, 0.4) is 0 Å². The Morgan fingerprint density at radius 1 is 1.27 bits per heavy atom. The highest BCUT2D eigenvalue weighted by molar-refractivity contribution is 6.28.